The molecule has 0 bridgehead atoms. The maximum atomic E-state index is 6.17. The zero-order valence-corrected chi connectivity index (χ0v) is 11.6. The molecule has 0 aliphatic carbocycles. The van der Waals surface area contributed by atoms with Gasteiger partial charge < -0.3 is 0 Å². The average molecular weight is 302 g/mol. The molecule has 3 N–H and O–H groups in total. The van der Waals surface area contributed by atoms with E-state index < -0.39 is 0 Å². The maximum absolute atomic E-state index is 6.17. The molecule has 0 spiro atoms. The van der Waals surface area contributed by atoms with Gasteiger partial charge in [0.05, 0.1) is 6.04 Å². The molecule has 2 aromatic carbocycles. The van der Waals surface area contributed by atoms with Crippen molar-refractivity contribution in [2.24, 2.45) is 5.84 Å². The first-order valence-electron chi connectivity index (χ1n) is 5.28. The van der Waals surface area contributed by atoms with E-state index in [1.807, 2.05) is 24.3 Å². The molecule has 18 heavy (non-hydrogen) atoms. The Balaban J connectivity index is 2.48. The summed E-state index contributed by atoms with van der Waals surface area (Å²) in [6.07, 6.45) is 0. The summed E-state index contributed by atoms with van der Waals surface area (Å²) in [5.41, 5.74) is 4.47. The molecule has 2 aromatic rings. The fraction of sp³-hybridized carbons (Fsp3) is 0.0769. The number of nitrogens with two attached hydrogens (primary N) is 1. The molecule has 0 aliphatic rings. The number of benzene rings is 2. The molecule has 1 unspecified atom stereocenters. The Morgan fingerprint density at radius 2 is 1.56 bits per heavy atom. The molecule has 5 heteroatoms. The molecule has 0 aromatic heterocycles. The van der Waals surface area contributed by atoms with Crippen LogP contribution >= 0.6 is 34.8 Å². The summed E-state index contributed by atoms with van der Waals surface area (Å²) >= 11 is 18.2. The Morgan fingerprint density at radius 1 is 0.944 bits per heavy atom. The van der Waals surface area contributed by atoms with Gasteiger partial charge in [-0.2, -0.15) is 0 Å². The Bertz CT molecular complexity index is 537. The minimum atomic E-state index is -0.255. The fourth-order valence-electron chi connectivity index (χ4n) is 1.82. The number of hydrogen-bond donors (Lipinski definition) is 2. The van der Waals surface area contributed by atoms with Gasteiger partial charge in [0.25, 0.3) is 0 Å². The van der Waals surface area contributed by atoms with E-state index in [4.69, 9.17) is 40.6 Å². The zero-order valence-electron chi connectivity index (χ0n) is 9.33. The summed E-state index contributed by atoms with van der Waals surface area (Å²) in [6.45, 7) is 0. The third kappa shape index (κ3) is 2.97. The van der Waals surface area contributed by atoms with Gasteiger partial charge in [0.2, 0.25) is 0 Å². The van der Waals surface area contributed by atoms with Crippen LogP contribution in [-0.4, -0.2) is 0 Å². The van der Waals surface area contributed by atoms with E-state index >= 15 is 0 Å². The van der Waals surface area contributed by atoms with Crippen molar-refractivity contribution in [1.29, 1.82) is 0 Å². The minimum Gasteiger partial charge on any atom is -0.271 e. The highest BCUT2D eigenvalue weighted by Crippen LogP contribution is 2.30. The second-order valence-electron chi connectivity index (χ2n) is 3.82. The normalized spacial score (nSPS) is 12.4. The average Bonchev–Trinajstić information content (AvgIpc) is 2.31. The number of hydrogen-bond acceptors (Lipinski definition) is 2. The van der Waals surface area contributed by atoms with Crippen LogP contribution in [0.2, 0.25) is 15.1 Å². The molecule has 0 amide bonds. The number of hydrazine groups is 1. The molecule has 0 radical (unpaired) electrons. The predicted octanol–water partition coefficient (Wildman–Crippen LogP) is 4.20. The topological polar surface area (TPSA) is 38.0 Å². The van der Waals surface area contributed by atoms with Gasteiger partial charge >= 0.3 is 0 Å². The summed E-state index contributed by atoms with van der Waals surface area (Å²) in [5, 5.41) is 1.76. The van der Waals surface area contributed by atoms with E-state index in [0.717, 1.165) is 11.1 Å². The van der Waals surface area contributed by atoms with Crippen molar-refractivity contribution >= 4 is 34.8 Å². The van der Waals surface area contributed by atoms with Crippen LogP contribution in [0.25, 0.3) is 0 Å². The van der Waals surface area contributed by atoms with E-state index in [-0.39, 0.29) is 6.04 Å². The van der Waals surface area contributed by atoms with Gasteiger partial charge in [0.1, 0.15) is 0 Å². The van der Waals surface area contributed by atoms with E-state index in [1.165, 1.54) is 0 Å². The van der Waals surface area contributed by atoms with Crippen LogP contribution in [0, 0.1) is 0 Å². The van der Waals surface area contributed by atoms with E-state index in [9.17, 15) is 0 Å². The van der Waals surface area contributed by atoms with Crippen molar-refractivity contribution in [2.75, 3.05) is 0 Å². The van der Waals surface area contributed by atoms with Crippen LogP contribution in [0.4, 0.5) is 0 Å². The van der Waals surface area contributed by atoms with Gasteiger partial charge in [-0.15, -0.1) is 0 Å². The SMILES string of the molecule is NNC(c1cc(Cl)cc(Cl)c1)c1ccccc1Cl. The molecule has 2 rings (SSSR count). The Hall–Kier alpha value is -0.770. The van der Waals surface area contributed by atoms with Gasteiger partial charge in [-0.3, -0.25) is 5.84 Å². The van der Waals surface area contributed by atoms with E-state index in [0.29, 0.717) is 15.1 Å². The van der Waals surface area contributed by atoms with Crippen molar-refractivity contribution in [3.05, 3.63) is 68.7 Å². The number of halogens is 3. The lowest BCUT2D eigenvalue weighted by Gasteiger charge is -2.18. The Morgan fingerprint density at radius 3 is 2.11 bits per heavy atom. The summed E-state index contributed by atoms with van der Waals surface area (Å²) in [4.78, 5) is 0. The first-order chi connectivity index (χ1) is 8.61. The van der Waals surface area contributed by atoms with Crippen molar-refractivity contribution in [1.82, 2.24) is 5.43 Å². The van der Waals surface area contributed by atoms with Gasteiger partial charge in [-0.1, -0.05) is 53.0 Å². The number of nitrogens with one attached hydrogen (secondary N) is 1. The monoisotopic (exact) mass is 300 g/mol. The molecular formula is C13H11Cl3N2. The lowest BCUT2D eigenvalue weighted by Crippen LogP contribution is -2.29. The smallest absolute Gasteiger partial charge is 0.0725 e. The molecule has 0 aliphatic heterocycles. The summed E-state index contributed by atoms with van der Waals surface area (Å²) in [6, 6.07) is 12.5. The van der Waals surface area contributed by atoms with Gasteiger partial charge in [-0.25, -0.2) is 5.43 Å². The highest BCUT2D eigenvalue weighted by molar-refractivity contribution is 6.34. The zero-order chi connectivity index (χ0) is 13.1. The largest absolute Gasteiger partial charge is 0.271 e. The van der Waals surface area contributed by atoms with Gasteiger partial charge in [0.15, 0.2) is 0 Å². The fourth-order valence-corrected chi connectivity index (χ4v) is 2.60. The molecular weight excluding hydrogens is 291 g/mol. The lowest BCUT2D eigenvalue weighted by molar-refractivity contribution is 0.637. The lowest BCUT2D eigenvalue weighted by atomic mass is 9.99. The first-order valence-corrected chi connectivity index (χ1v) is 6.41. The second kappa shape index (κ2) is 5.91. The Kier molecular flexibility index (Phi) is 4.49. The summed E-state index contributed by atoms with van der Waals surface area (Å²) < 4.78 is 0. The van der Waals surface area contributed by atoms with Crippen molar-refractivity contribution < 1.29 is 0 Å². The van der Waals surface area contributed by atoms with Crippen LogP contribution < -0.4 is 11.3 Å². The first kappa shape index (κ1) is 13.7. The summed E-state index contributed by atoms with van der Waals surface area (Å²) in [5.74, 6) is 5.61. The minimum absolute atomic E-state index is 0.255. The number of rotatable bonds is 3. The predicted molar refractivity (Wildman–Crippen MR) is 77.1 cm³/mol. The molecule has 0 fully saturated rings. The molecule has 0 saturated carbocycles. The van der Waals surface area contributed by atoms with Crippen molar-refractivity contribution in [3.8, 4) is 0 Å². The van der Waals surface area contributed by atoms with Crippen LogP contribution in [0.5, 0.6) is 0 Å². The van der Waals surface area contributed by atoms with Crippen LogP contribution in [0.3, 0.4) is 0 Å². The van der Waals surface area contributed by atoms with Crippen LogP contribution in [0.1, 0.15) is 17.2 Å². The third-order valence-electron chi connectivity index (χ3n) is 2.60. The Labute approximate surface area is 121 Å². The van der Waals surface area contributed by atoms with Crippen LogP contribution in [-0.2, 0) is 0 Å². The molecule has 0 saturated heterocycles. The van der Waals surface area contributed by atoms with Crippen molar-refractivity contribution in [3.63, 3.8) is 0 Å². The standard InChI is InChI=1S/C13H11Cl3N2/c14-9-5-8(6-10(15)7-9)13(18-17)11-3-1-2-4-12(11)16/h1-7,13,18H,17H2. The molecule has 2 nitrogen and oxygen atoms in total. The highest BCUT2D eigenvalue weighted by atomic mass is 35.5. The van der Waals surface area contributed by atoms with Gasteiger partial charge in [0, 0.05) is 15.1 Å². The quantitative estimate of drug-likeness (QED) is 0.658. The third-order valence-corrected chi connectivity index (χ3v) is 3.38. The van der Waals surface area contributed by atoms with E-state index in [1.54, 1.807) is 18.2 Å². The van der Waals surface area contributed by atoms with E-state index in [2.05, 4.69) is 5.43 Å². The molecule has 94 valence electrons. The van der Waals surface area contributed by atoms with Crippen molar-refractivity contribution in [2.45, 2.75) is 6.04 Å². The second-order valence-corrected chi connectivity index (χ2v) is 5.10. The van der Waals surface area contributed by atoms with Crippen LogP contribution in [0.15, 0.2) is 42.5 Å². The van der Waals surface area contributed by atoms with Gasteiger partial charge in [-0.05, 0) is 35.4 Å². The molecule has 1 atom stereocenters. The highest BCUT2D eigenvalue weighted by Gasteiger charge is 2.16. The summed E-state index contributed by atoms with van der Waals surface area (Å²) in [7, 11) is 0. The maximum Gasteiger partial charge on any atom is 0.0725 e. The molecule has 0 heterocycles.